The van der Waals surface area contributed by atoms with Crippen molar-refractivity contribution in [2.75, 3.05) is 5.32 Å². The topological polar surface area (TPSA) is 39.0 Å². The summed E-state index contributed by atoms with van der Waals surface area (Å²) < 4.78 is 5.40. The van der Waals surface area contributed by atoms with E-state index in [9.17, 15) is 4.79 Å². The zero-order chi connectivity index (χ0) is 23.9. The van der Waals surface area contributed by atoms with Crippen molar-refractivity contribution in [2.45, 2.75) is 26.2 Å². The number of halogens is 1. The smallest absolute Gasteiger partial charge is 0.244 e. The number of carbonyl (C=O) groups excluding carboxylic acids is 1. The molecule has 5 heteroatoms. The van der Waals surface area contributed by atoms with Gasteiger partial charge in [-0.1, -0.05) is 52.3 Å². The number of anilines is 1. The zero-order valence-electron chi connectivity index (χ0n) is 20.0. The fourth-order valence-corrected chi connectivity index (χ4v) is 6.72. The molecule has 0 saturated carbocycles. The van der Waals surface area contributed by atoms with Gasteiger partial charge in [-0.3, -0.25) is 4.79 Å². The maximum absolute atomic E-state index is 14.5. The number of rotatable bonds is 2. The number of nitrogens with zero attached hydrogens (tertiary/aromatic N) is 2. The van der Waals surface area contributed by atoms with E-state index in [2.05, 4.69) is 126 Å². The Morgan fingerprint density at radius 3 is 1.82 bits per heavy atom. The Kier molecular flexibility index (Phi) is 4.43. The third-order valence-electron chi connectivity index (χ3n) is 7.83. The molecule has 4 nitrogen and oxygen atoms in total. The molecule has 2 aromatic heterocycles. The fourth-order valence-electron chi connectivity index (χ4n) is 6.14. The number of hydrogen-bond acceptors (Lipinski definition) is 1. The van der Waals surface area contributed by atoms with Crippen LogP contribution >= 0.6 is 15.9 Å². The molecule has 0 spiro atoms. The highest BCUT2D eigenvalue weighted by molar-refractivity contribution is 9.10. The summed E-state index contributed by atoms with van der Waals surface area (Å²) in [4.78, 5) is 14.5. The number of amides is 1. The van der Waals surface area contributed by atoms with Gasteiger partial charge in [-0.05, 0) is 50.6 Å². The van der Waals surface area contributed by atoms with Crippen LogP contribution < -0.4 is 5.32 Å². The molecule has 0 saturated heterocycles. The maximum atomic E-state index is 14.5. The summed E-state index contributed by atoms with van der Waals surface area (Å²) >= 11 is 3.73. The van der Waals surface area contributed by atoms with E-state index in [0.717, 1.165) is 65.6 Å². The lowest BCUT2D eigenvalue weighted by Crippen LogP contribution is -2.38. The summed E-state index contributed by atoms with van der Waals surface area (Å²) in [6, 6.07) is 21.0. The molecule has 0 fully saturated rings. The molecule has 0 atom stereocenters. The average Bonchev–Trinajstić information content (AvgIpc) is 3.35. The molecule has 5 aromatic rings. The second-order valence-electron chi connectivity index (χ2n) is 9.42. The molecule has 1 aliphatic rings. The van der Waals surface area contributed by atoms with Crippen molar-refractivity contribution in [3.05, 3.63) is 98.8 Å². The van der Waals surface area contributed by atoms with Crippen LogP contribution in [0, 0.1) is 20.8 Å². The third-order valence-corrected chi connectivity index (χ3v) is 8.29. The molecule has 1 amide bonds. The number of nitrogens with one attached hydrogen (secondary N) is 1. The fraction of sp³-hybridized carbons (Fsp3) is 0.207. The standard InChI is InChI=1S/C29H26BrN3O/c1-16-14-19(30)15-22-27(16)31-28(34)29(22,25-17(2)32(4)23-12-8-6-10-20(23)25)26-18(3)33(5)24-13-9-7-11-21(24)26/h6-15H,1-5H3,(H,31,34). The Morgan fingerprint density at radius 1 is 0.794 bits per heavy atom. The van der Waals surface area contributed by atoms with Gasteiger partial charge in [-0.25, -0.2) is 0 Å². The van der Waals surface area contributed by atoms with Crippen molar-refractivity contribution in [1.29, 1.82) is 0 Å². The summed E-state index contributed by atoms with van der Waals surface area (Å²) in [6.07, 6.45) is 0. The molecule has 1 aliphatic heterocycles. The van der Waals surface area contributed by atoms with Crippen LogP contribution in [0.5, 0.6) is 0 Å². The molecule has 0 bridgehead atoms. The number of para-hydroxylation sites is 2. The highest BCUT2D eigenvalue weighted by Gasteiger charge is 2.54. The first-order valence-corrected chi connectivity index (χ1v) is 12.3. The van der Waals surface area contributed by atoms with Crippen molar-refractivity contribution in [2.24, 2.45) is 14.1 Å². The molecule has 0 aliphatic carbocycles. The van der Waals surface area contributed by atoms with Gasteiger partial charge in [-0.2, -0.15) is 0 Å². The second-order valence-corrected chi connectivity index (χ2v) is 10.3. The van der Waals surface area contributed by atoms with Crippen molar-refractivity contribution >= 4 is 49.3 Å². The number of benzene rings is 3. The minimum Gasteiger partial charge on any atom is -0.348 e. The maximum Gasteiger partial charge on any atom is 0.244 e. The lowest BCUT2D eigenvalue weighted by atomic mass is 9.68. The van der Waals surface area contributed by atoms with Gasteiger partial charge in [0.25, 0.3) is 0 Å². The van der Waals surface area contributed by atoms with Gasteiger partial charge < -0.3 is 14.5 Å². The van der Waals surface area contributed by atoms with Gasteiger partial charge in [-0.15, -0.1) is 0 Å². The Balaban J connectivity index is 1.91. The Hall–Kier alpha value is -3.31. The highest BCUT2D eigenvalue weighted by Crippen LogP contribution is 2.55. The first-order valence-electron chi connectivity index (χ1n) is 11.5. The highest BCUT2D eigenvalue weighted by atomic mass is 79.9. The lowest BCUT2D eigenvalue weighted by molar-refractivity contribution is -0.118. The quantitative estimate of drug-likeness (QED) is 0.283. The first kappa shape index (κ1) is 21.2. The molecule has 34 heavy (non-hydrogen) atoms. The first-order chi connectivity index (χ1) is 16.3. The minimum atomic E-state index is -0.986. The van der Waals surface area contributed by atoms with Gasteiger partial charge in [0.05, 0.1) is 0 Å². The van der Waals surface area contributed by atoms with E-state index in [-0.39, 0.29) is 5.91 Å². The van der Waals surface area contributed by atoms with Crippen molar-refractivity contribution in [1.82, 2.24) is 9.13 Å². The van der Waals surface area contributed by atoms with E-state index in [1.807, 2.05) is 0 Å². The van der Waals surface area contributed by atoms with E-state index in [1.54, 1.807) is 0 Å². The molecular formula is C29H26BrN3O. The molecule has 6 rings (SSSR count). The van der Waals surface area contributed by atoms with E-state index in [1.165, 1.54) is 0 Å². The van der Waals surface area contributed by atoms with Crippen LogP contribution in [-0.4, -0.2) is 15.0 Å². The molecule has 3 aromatic carbocycles. The van der Waals surface area contributed by atoms with Crippen LogP contribution in [-0.2, 0) is 24.3 Å². The lowest BCUT2D eigenvalue weighted by Gasteiger charge is -2.30. The van der Waals surface area contributed by atoms with E-state index in [4.69, 9.17) is 0 Å². The summed E-state index contributed by atoms with van der Waals surface area (Å²) in [5.74, 6) is 0.00241. The average molecular weight is 512 g/mol. The van der Waals surface area contributed by atoms with Gasteiger partial charge in [0.1, 0.15) is 5.41 Å². The monoisotopic (exact) mass is 511 g/mol. The SMILES string of the molecule is Cc1cc(Br)cc2c1NC(=O)C2(c1c(C)n(C)c2ccccc12)c1c(C)n(C)c2ccccc12. The minimum absolute atomic E-state index is 0.00241. The predicted octanol–water partition coefficient (Wildman–Crippen LogP) is 6.64. The van der Waals surface area contributed by atoms with Crippen molar-refractivity contribution in [3.63, 3.8) is 0 Å². The van der Waals surface area contributed by atoms with Crippen molar-refractivity contribution < 1.29 is 4.79 Å². The normalized spacial score (nSPS) is 14.7. The van der Waals surface area contributed by atoms with Crippen LogP contribution in [0.3, 0.4) is 0 Å². The number of aromatic nitrogens is 2. The van der Waals surface area contributed by atoms with Gasteiger partial charge >= 0.3 is 0 Å². The number of carbonyl (C=O) groups is 1. The van der Waals surface area contributed by atoms with Gasteiger partial charge in [0.2, 0.25) is 5.91 Å². The van der Waals surface area contributed by atoms with Crippen LogP contribution in [0.25, 0.3) is 21.8 Å². The summed E-state index contributed by atoms with van der Waals surface area (Å²) in [6.45, 7) is 6.33. The van der Waals surface area contributed by atoms with Crippen LogP contribution in [0.4, 0.5) is 5.69 Å². The molecule has 170 valence electrons. The van der Waals surface area contributed by atoms with Crippen molar-refractivity contribution in [3.8, 4) is 0 Å². The largest absolute Gasteiger partial charge is 0.348 e. The van der Waals surface area contributed by atoms with E-state index < -0.39 is 5.41 Å². The summed E-state index contributed by atoms with van der Waals surface area (Å²) in [5.41, 5.74) is 8.52. The van der Waals surface area contributed by atoms with Gasteiger partial charge in [0, 0.05) is 74.1 Å². The molecular weight excluding hydrogens is 486 g/mol. The Labute approximate surface area is 207 Å². The summed E-state index contributed by atoms with van der Waals surface area (Å²) in [5, 5.41) is 5.52. The van der Waals surface area contributed by atoms with Crippen LogP contribution in [0.1, 0.15) is 33.6 Å². The van der Waals surface area contributed by atoms with E-state index in [0.29, 0.717) is 0 Å². The summed E-state index contributed by atoms with van der Waals surface area (Å²) in [7, 11) is 4.18. The molecule has 0 unspecified atom stereocenters. The number of hydrogen-bond donors (Lipinski definition) is 1. The second kappa shape index (κ2) is 7.09. The molecule has 0 radical (unpaired) electrons. The zero-order valence-corrected chi connectivity index (χ0v) is 21.5. The van der Waals surface area contributed by atoms with Crippen LogP contribution in [0.15, 0.2) is 65.1 Å². The Bertz CT molecular complexity index is 1580. The molecule has 3 heterocycles. The predicted molar refractivity (Wildman–Crippen MR) is 143 cm³/mol. The molecule has 1 N–H and O–H groups in total. The number of aryl methyl sites for hydroxylation is 3. The number of fused-ring (bicyclic) bond motifs is 3. The van der Waals surface area contributed by atoms with Crippen LogP contribution in [0.2, 0.25) is 0 Å². The third kappa shape index (κ3) is 2.45. The Morgan fingerprint density at radius 2 is 1.29 bits per heavy atom. The van der Waals surface area contributed by atoms with E-state index >= 15 is 0 Å². The van der Waals surface area contributed by atoms with Gasteiger partial charge in [0.15, 0.2) is 0 Å².